The minimum absolute atomic E-state index is 0.123. The lowest BCUT2D eigenvalue weighted by molar-refractivity contribution is -0.136. The molecule has 1 fully saturated rings. The minimum Gasteiger partial charge on any atom is -0.491 e. The number of rotatable bonds is 5. The van der Waals surface area contributed by atoms with Crippen molar-refractivity contribution < 1.29 is 14.3 Å². The molecule has 0 atom stereocenters. The van der Waals surface area contributed by atoms with Gasteiger partial charge in [0.15, 0.2) is 0 Å². The summed E-state index contributed by atoms with van der Waals surface area (Å²) < 4.78 is 8.00. The van der Waals surface area contributed by atoms with Gasteiger partial charge in [-0.2, -0.15) is 0 Å². The second-order valence-corrected chi connectivity index (χ2v) is 9.96. The van der Waals surface area contributed by atoms with Gasteiger partial charge in [-0.3, -0.25) is 14.5 Å². The van der Waals surface area contributed by atoms with E-state index < -0.39 is 0 Å². The van der Waals surface area contributed by atoms with Crippen molar-refractivity contribution in [2.75, 3.05) is 46.4 Å². The zero-order valence-corrected chi connectivity index (χ0v) is 21.2. The first-order valence-electron chi connectivity index (χ1n) is 12.9. The summed E-state index contributed by atoms with van der Waals surface area (Å²) in [6, 6.07) is 8.20. The van der Waals surface area contributed by atoms with Gasteiger partial charge in [-0.05, 0) is 63.7 Å². The molecular formula is C27H39N5O3. The topological polar surface area (TPSA) is 79.7 Å². The van der Waals surface area contributed by atoms with Crippen LogP contribution in [0.5, 0.6) is 5.75 Å². The second kappa shape index (κ2) is 11.7. The number of likely N-dealkylation sites (tertiary alicyclic amines) is 1. The Hall–Kier alpha value is -2.87. The van der Waals surface area contributed by atoms with Crippen molar-refractivity contribution in [1.29, 1.82) is 0 Å². The molecule has 2 amide bonds. The fourth-order valence-corrected chi connectivity index (χ4v) is 5.21. The van der Waals surface area contributed by atoms with Crippen LogP contribution >= 0.6 is 0 Å². The summed E-state index contributed by atoms with van der Waals surface area (Å²) in [6.07, 6.45) is 9.23. The number of hydrogen-bond donors (Lipinski definition) is 1. The molecular weight excluding hydrogens is 442 g/mol. The lowest BCUT2D eigenvalue weighted by atomic mass is 9.73. The third-order valence-electron chi connectivity index (χ3n) is 7.65. The molecule has 0 aliphatic carbocycles. The molecule has 3 heterocycles. The number of carbonyl (C=O) groups excluding carboxylic acids is 2. The first-order valence-corrected chi connectivity index (χ1v) is 12.9. The second-order valence-electron chi connectivity index (χ2n) is 9.96. The van der Waals surface area contributed by atoms with Crippen LogP contribution in [0.25, 0.3) is 0 Å². The van der Waals surface area contributed by atoms with E-state index in [-0.39, 0.29) is 17.2 Å². The summed E-state index contributed by atoms with van der Waals surface area (Å²) in [6.45, 7) is 6.30. The van der Waals surface area contributed by atoms with Crippen LogP contribution in [0.4, 0.5) is 0 Å². The minimum atomic E-state index is -0.344. The Balaban J connectivity index is 1.28. The average molecular weight is 482 g/mol. The Kier molecular flexibility index (Phi) is 8.44. The highest BCUT2D eigenvalue weighted by atomic mass is 16.5. The molecule has 0 radical (unpaired) electrons. The molecule has 1 spiro atoms. The van der Waals surface area contributed by atoms with Crippen molar-refractivity contribution in [3.05, 3.63) is 48.0 Å². The standard InChI is InChI=1S/C27H39N5O3/c1-22-28-13-17-32(22)19-18-30(2)25(33)21-31-15-11-27(12-16-31)10-6-5-8-23-7-3-4-9-24(23)35-20-14-29-26(27)34/h3-4,7,9,13,17H,5-6,8,10-12,14-16,18-21H2,1-2H3,(H,29,34). The molecule has 2 aliphatic heterocycles. The molecule has 0 saturated carbocycles. The Bertz CT molecular complexity index is 996. The Morgan fingerprint density at radius 2 is 2.00 bits per heavy atom. The average Bonchev–Trinajstić information content (AvgIpc) is 3.28. The number of nitrogens with one attached hydrogen (secondary N) is 1. The number of carbonyl (C=O) groups is 2. The molecule has 1 N–H and O–H groups in total. The number of aromatic nitrogens is 2. The van der Waals surface area contributed by atoms with E-state index in [4.69, 9.17) is 4.74 Å². The van der Waals surface area contributed by atoms with Crippen LogP contribution in [0.2, 0.25) is 0 Å². The number of nitrogens with zero attached hydrogens (tertiary/aromatic N) is 4. The number of piperidine rings is 1. The van der Waals surface area contributed by atoms with Gasteiger partial charge in [0.05, 0.1) is 18.5 Å². The molecule has 0 bridgehead atoms. The van der Waals surface area contributed by atoms with Crippen molar-refractivity contribution in [3.8, 4) is 5.75 Å². The quantitative estimate of drug-likeness (QED) is 0.710. The van der Waals surface area contributed by atoms with E-state index in [2.05, 4.69) is 31.9 Å². The third-order valence-corrected chi connectivity index (χ3v) is 7.65. The highest BCUT2D eigenvalue weighted by molar-refractivity contribution is 5.83. The molecule has 35 heavy (non-hydrogen) atoms. The number of fused-ring (bicyclic) bond motifs is 1. The first-order chi connectivity index (χ1) is 17.0. The zero-order chi connectivity index (χ0) is 24.7. The van der Waals surface area contributed by atoms with Crippen LogP contribution in [0, 0.1) is 12.3 Å². The summed E-state index contributed by atoms with van der Waals surface area (Å²) in [5, 5.41) is 3.14. The lowest BCUT2D eigenvalue weighted by Crippen LogP contribution is -2.51. The van der Waals surface area contributed by atoms with Gasteiger partial charge in [-0.25, -0.2) is 4.98 Å². The fraction of sp³-hybridized carbons (Fsp3) is 0.593. The number of ether oxygens (including phenoxy) is 1. The van der Waals surface area contributed by atoms with E-state index in [0.29, 0.717) is 26.2 Å². The van der Waals surface area contributed by atoms with Gasteiger partial charge in [0.1, 0.15) is 18.2 Å². The molecule has 2 aromatic rings. The number of likely N-dealkylation sites (N-methyl/N-ethyl adjacent to an activating group) is 1. The normalized spacial score (nSPS) is 19.1. The van der Waals surface area contributed by atoms with Gasteiger partial charge in [0.2, 0.25) is 11.8 Å². The summed E-state index contributed by atoms with van der Waals surface area (Å²) >= 11 is 0. The van der Waals surface area contributed by atoms with E-state index in [1.165, 1.54) is 5.56 Å². The maximum atomic E-state index is 13.2. The van der Waals surface area contributed by atoms with E-state index in [0.717, 1.165) is 69.7 Å². The zero-order valence-electron chi connectivity index (χ0n) is 21.2. The molecule has 1 saturated heterocycles. The number of imidazole rings is 1. The van der Waals surface area contributed by atoms with E-state index >= 15 is 0 Å². The van der Waals surface area contributed by atoms with Crippen molar-refractivity contribution >= 4 is 11.8 Å². The van der Waals surface area contributed by atoms with Crippen molar-refractivity contribution in [1.82, 2.24) is 24.7 Å². The predicted octanol–water partition coefficient (Wildman–Crippen LogP) is 2.65. The van der Waals surface area contributed by atoms with Crippen molar-refractivity contribution in [3.63, 3.8) is 0 Å². The van der Waals surface area contributed by atoms with E-state index in [9.17, 15) is 9.59 Å². The number of hydrogen-bond acceptors (Lipinski definition) is 5. The molecule has 190 valence electrons. The summed E-state index contributed by atoms with van der Waals surface area (Å²) in [5.41, 5.74) is 0.900. The molecule has 1 aromatic carbocycles. The Morgan fingerprint density at radius 1 is 1.20 bits per heavy atom. The van der Waals surface area contributed by atoms with Crippen LogP contribution in [0.1, 0.15) is 43.5 Å². The molecule has 8 nitrogen and oxygen atoms in total. The van der Waals surface area contributed by atoms with Crippen LogP contribution in [0.15, 0.2) is 36.7 Å². The summed E-state index contributed by atoms with van der Waals surface area (Å²) in [4.78, 5) is 34.3. The maximum Gasteiger partial charge on any atom is 0.236 e. The Morgan fingerprint density at radius 3 is 2.77 bits per heavy atom. The van der Waals surface area contributed by atoms with Gasteiger partial charge in [-0.1, -0.05) is 24.6 Å². The van der Waals surface area contributed by atoms with Crippen LogP contribution < -0.4 is 10.1 Å². The van der Waals surface area contributed by atoms with Gasteiger partial charge >= 0.3 is 0 Å². The third kappa shape index (κ3) is 6.42. The summed E-state index contributed by atoms with van der Waals surface area (Å²) in [5.74, 6) is 2.16. The van der Waals surface area contributed by atoms with Crippen molar-refractivity contribution in [2.45, 2.75) is 52.0 Å². The van der Waals surface area contributed by atoms with Crippen molar-refractivity contribution in [2.24, 2.45) is 5.41 Å². The number of para-hydroxylation sites is 1. The van der Waals surface area contributed by atoms with Crippen LogP contribution in [0.3, 0.4) is 0 Å². The number of aryl methyl sites for hydroxylation is 2. The van der Waals surface area contributed by atoms with E-state index in [1.807, 2.05) is 32.3 Å². The molecule has 2 aliphatic rings. The smallest absolute Gasteiger partial charge is 0.236 e. The number of benzene rings is 1. The monoisotopic (exact) mass is 481 g/mol. The van der Waals surface area contributed by atoms with Gasteiger partial charge in [-0.15, -0.1) is 0 Å². The molecule has 4 rings (SSSR count). The SMILES string of the molecule is Cc1nccn1CCN(C)C(=O)CN1CCC2(CCCCc3ccccc3OCCNC2=O)CC1. The van der Waals surface area contributed by atoms with Gasteiger partial charge in [0, 0.05) is 32.5 Å². The van der Waals surface area contributed by atoms with Crippen LogP contribution in [-0.2, 0) is 22.6 Å². The van der Waals surface area contributed by atoms with Gasteiger partial charge < -0.3 is 19.5 Å². The lowest BCUT2D eigenvalue weighted by Gasteiger charge is -2.41. The molecule has 0 unspecified atom stereocenters. The van der Waals surface area contributed by atoms with Gasteiger partial charge in [0.25, 0.3) is 0 Å². The molecule has 1 aromatic heterocycles. The highest BCUT2D eigenvalue weighted by Gasteiger charge is 2.41. The van der Waals surface area contributed by atoms with Crippen LogP contribution in [-0.4, -0.2) is 77.5 Å². The number of amides is 2. The molecule has 8 heteroatoms. The maximum absolute atomic E-state index is 13.2. The highest BCUT2D eigenvalue weighted by Crippen LogP contribution is 2.37. The largest absolute Gasteiger partial charge is 0.491 e. The summed E-state index contributed by atoms with van der Waals surface area (Å²) in [7, 11) is 1.86. The predicted molar refractivity (Wildman–Crippen MR) is 135 cm³/mol. The first kappa shape index (κ1) is 25.2. The van der Waals surface area contributed by atoms with E-state index in [1.54, 1.807) is 11.1 Å². The Labute approximate surface area is 208 Å². The fourth-order valence-electron chi connectivity index (χ4n) is 5.21.